The van der Waals surface area contributed by atoms with Gasteiger partial charge in [-0.15, -0.1) is 0 Å². The van der Waals surface area contributed by atoms with E-state index >= 15 is 0 Å². The minimum atomic E-state index is -0.102. The summed E-state index contributed by atoms with van der Waals surface area (Å²) in [5, 5.41) is 6.31. The van der Waals surface area contributed by atoms with Crippen LogP contribution in [0.15, 0.2) is 12.4 Å². The lowest BCUT2D eigenvalue weighted by Gasteiger charge is -2.22. The Morgan fingerprint density at radius 1 is 1.18 bits per heavy atom. The molecule has 1 atom stereocenters. The second-order valence-electron chi connectivity index (χ2n) is 6.11. The lowest BCUT2D eigenvalue weighted by Crippen LogP contribution is -2.36. The van der Waals surface area contributed by atoms with E-state index in [4.69, 9.17) is 4.74 Å². The Labute approximate surface area is 131 Å². The fraction of sp³-hybridized carbons (Fsp3) is 0.688. The summed E-state index contributed by atoms with van der Waals surface area (Å²) in [5.74, 6) is 0.578. The number of nitrogens with zero attached hydrogens (tertiary/aromatic N) is 2. The highest BCUT2D eigenvalue weighted by Gasteiger charge is 2.18. The molecule has 2 aliphatic rings. The van der Waals surface area contributed by atoms with Crippen molar-refractivity contribution >= 4 is 11.7 Å². The molecule has 6 nitrogen and oxygen atoms in total. The van der Waals surface area contributed by atoms with Crippen LogP contribution in [0.2, 0.25) is 0 Å². The third kappa shape index (κ3) is 4.16. The number of hydrogen-bond acceptors (Lipinski definition) is 5. The van der Waals surface area contributed by atoms with Gasteiger partial charge in [-0.25, -0.2) is 9.97 Å². The van der Waals surface area contributed by atoms with E-state index in [1.54, 1.807) is 6.07 Å². The molecule has 0 radical (unpaired) electrons. The smallest absolute Gasteiger partial charge is 0.270 e. The first-order valence-electron chi connectivity index (χ1n) is 8.29. The van der Waals surface area contributed by atoms with Gasteiger partial charge in [0.2, 0.25) is 0 Å². The van der Waals surface area contributed by atoms with Crippen LogP contribution in [0.4, 0.5) is 5.82 Å². The predicted molar refractivity (Wildman–Crippen MR) is 83.8 cm³/mol. The minimum Gasteiger partial charge on any atom is -0.376 e. The highest BCUT2D eigenvalue weighted by molar-refractivity contribution is 5.93. The number of amides is 1. The van der Waals surface area contributed by atoms with E-state index < -0.39 is 0 Å². The summed E-state index contributed by atoms with van der Waals surface area (Å²) in [6.45, 7) is 1.56. The Bertz CT molecular complexity index is 497. The fourth-order valence-corrected chi connectivity index (χ4v) is 3.11. The van der Waals surface area contributed by atoms with Crippen LogP contribution < -0.4 is 10.6 Å². The van der Waals surface area contributed by atoms with E-state index in [-0.39, 0.29) is 12.0 Å². The van der Waals surface area contributed by atoms with Crippen molar-refractivity contribution in [1.29, 1.82) is 0 Å². The molecule has 2 N–H and O–H groups in total. The van der Waals surface area contributed by atoms with E-state index in [1.807, 2.05) is 0 Å². The van der Waals surface area contributed by atoms with Gasteiger partial charge in [-0.3, -0.25) is 4.79 Å². The summed E-state index contributed by atoms with van der Waals surface area (Å²) in [6.07, 6.45) is 9.69. The lowest BCUT2D eigenvalue weighted by molar-refractivity contribution is 0.0922. The van der Waals surface area contributed by atoms with Crippen molar-refractivity contribution in [3.8, 4) is 0 Å². The number of nitrogens with one attached hydrogen (secondary N) is 2. The molecule has 1 amide bonds. The van der Waals surface area contributed by atoms with Crippen LogP contribution in [-0.2, 0) is 4.74 Å². The minimum absolute atomic E-state index is 0.102. The maximum Gasteiger partial charge on any atom is 0.270 e. The summed E-state index contributed by atoms with van der Waals surface area (Å²) in [7, 11) is 0. The van der Waals surface area contributed by atoms with E-state index in [0.717, 1.165) is 38.8 Å². The molecule has 1 saturated heterocycles. The van der Waals surface area contributed by atoms with Crippen molar-refractivity contribution in [2.75, 3.05) is 18.5 Å². The van der Waals surface area contributed by atoms with Crippen LogP contribution >= 0.6 is 0 Å². The van der Waals surface area contributed by atoms with Crippen LogP contribution in [0.5, 0.6) is 0 Å². The molecular formula is C16H24N4O2. The molecule has 0 aromatic carbocycles. The van der Waals surface area contributed by atoms with Gasteiger partial charge in [0.15, 0.2) is 0 Å². The highest BCUT2D eigenvalue weighted by Crippen LogP contribution is 2.18. The number of anilines is 1. The molecule has 6 heteroatoms. The molecule has 0 bridgehead atoms. The van der Waals surface area contributed by atoms with Crippen molar-refractivity contribution in [2.45, 2.75) is 57.1 Å². The standard InChI is InChI=1S/C16H24N4O2/c21-16(20-12-5-2-1-3-6-12)14-9-15(19-11-18-14)17-10-13-7-4-8-22-13/h9,11-13H,1-8,10H2,(H,20,21)(H,17,18,19). The number of ether oxygens (including phenoxy) is 1. The quantitative estimate of drug-likeness (QED) is 0.871. The van der Waals surface area contributed by atoms with Gasteiger partial charge in [0.25, 0.3) is 5.91 Å². The van der Waals surface area contributed by atoms with Gasteiger partial charge in [0.05, 0.1) is 6.10 Å². The fourth-order valence-electron chi connectivity index (χ4n) is 3.11. The molecule has 2 heterocycles. The topological polar surface area (TPSA) is 76.1 Å². The van der Waals surface area contributed by atoms with Crippen LogP contribution in [0.1, 0.15) is 55.4 Å². The van der Waals surface area contributed by atoms with Crippen molar-refractivity contribution in [3.63, 3.8) is 0 Å². The van der Waals surface area contributed by atoms with Crippen molar-refractivity contribution in [1.82, 2.24) is 15.3 Å². The highest BCUT2D eigenvalue weighted by atomic mass is 16.5. The Kier molecular flexibility index (Phi) is 5.21. The zero-order chi connectivity index (χ0) is 15.2. The molecule has 3 rings (SSSR count). The molecule has 120 valence electrons. The molecule has 0 spiro atoms. The van der Waals surface area contributed by atoms with Crippen LogP contribution in [0.3, 0.4) is 0 Å². The molecule has 2 fully saturated rings. The SMILES string of the molecule is O=C(NC1CCCCC1)c1cc(NCC2CCCO2)ncn1. The van der Waals surface area contributed by atoms with Gasteiger partial charge < -0.3 is 15.4 Å². The lowest BCUT2D eigenvalue weighted by atomic mass is 9.95. The molecule has 1 aromatic rings. The molecular weight excluding hydrogens is 280 g/mol. The Balaban J connectivity index is 1.53. The third-order valence-corrected chi connectivity index (χ3v) is 4.37. The van der Waals surface area contributed by atoms with Gasteiger partial charge in [0, 0.05) is 25.3 Å². The Morgan fingerprint density at radius 3 is 2.82 bits per heavy atom. The third-order valence-electron chi connectivity index (χ3n) is 4.37. The average molecular weight is 304 g/mol. The van der Waals surface area contributed by atoms with Crippen molar-refractivity contribution in [2.24, 2.45) is 0 Å². The van der Waals surface area contributed by atoms with Gasteiger partial charge in [0.1, 0.15) is 17.8 Å². The Morgan fingerprint density at radius 2 is 2.05 bits per heavy atom. The first kappa shape index (κ1) is 15.2. The van der Waals surface area contributed by atoms with Gasteiger partial charge in [-0.05, 0) is 25.7 Å². The zero-order valence-electron chi connectivity index (χ0n) is 12.9. The maximum atomic E-state index is 12.3. The van der Waals surface area contributed by atoms with E-state index in [2.05, 4.69) is 20.6 Å². The molecule has 1 saturated carbocycles. The van der Waals surface area contributed by atoms with E-state index in [9.17, 15) is 4.79 Å². The second kappa shape index (κ2) is 7.54. The summed E-state index contributed by atoms with van der Waals surface area (Å²) in [5.41, 5.74) is 0.426. The average Bonchev–Trinajstić information content (AvgIpc) is 3.08. The van der Waals surface area contributed by atoms with Crippen LogP contribution in [0, 0.1) is 0 Å². The van der Waals surface area contributed by atoms with Crippen LogP contribution in [-0.4, -0.2) is 41.2 Å². The van der Waals surface area contributed by atoms with Crippen LogP contribution in [0.25, 0.3) is 0 Å². The first-order valence-corrected chi connectivity index (χ1v) is 8.29. The molecule has 1 unspecified atom stereocenters. The van der Waals surface area contributed by atoms with E-state index in [1.165, 1.54) is 25.6 Å². The maximum absolute atomic E-state index is 12.3. The monoisotopic (exact) mass is 304 g/mol. The number of carbonyl (C=O) groups is 1. The largest absolute Gasteiger partial charge is 0.376 e. The predicted octanol–water partition coefficient (Wildman–Crippen LogP) is 2.13. The van der Waals surface area contributed by atoms with Gasteiger partial charge >= 0.3 is 0 Å². The normalized spacial score (nSPS) is 22.5. The molecule has 1 aromatic heterocycles. The van der Waals surface area contributed by atoms with Gasteiger partial charge in [-0.1, -0.05) is 19.3 Å². The number of rotatable bonds is 5. The molecule has 1 aliphatic heterocycles. The summed E-state index contributed by atoms with van der Waals surface area (Å²) >= 11 is 0. The summed E-state index contributed by atoms with van der Waals surface area (Å²) in [4.78, 5) is 20.5. The number of hydrogen-bond donors (Lipinski definition) is 2. The van der Waals surface area contributed by atoms with E-state index in [0.29, 0.717) is 17.6 Å². The zero-order valence-corrected chi connectivity index (χ0v) is 12.9. The molecule has 22 heavy (non-hydrogen) atoms. The second-order valence-corrected chi connectivity index (χ2v) is 6.11. The summed E-state index contributed by atoms with van der Waals surface area (Å²) < 4.78 is 5.57. The van der Waals surface area contributed by atoms with Gasteiger partial charge in [-0.2, -0.15) is 0 Å². The number of carbonyl (C=O) groups excluding carboxylic acids is 1. The first-order chi connectivity index (χ1) is 10.8. The Hall–Kier alpha value is -1.69. The summed E-state index contributed by atoms with van der Waals surface area (Å²) in [6, 6.07) is 2.01. The van der Waals surface area contributed by atoms with Crippen molar-refractivity contribution < 1.29 is 9.53 Å². The number of aromatic nitrogens is 2. The molecule has 1 aliphatic carbocycles. The van der Waals surface area contributed by atoms with Crippen molar-refractivity contribution in [3.05, 3.63) is 18.1 Å².